The van der Waals surface area contributed by atoms with E-state index >= 15 is 0 Å². The third kappa shape index (κ3) is 4.06. The molecule has 0 radical (unpaired) electrons. The monoisotopic (exact) mass is 536 g/mol. The Morgan fingerprint density at radius 1 is 1.03 bits per heavy atom. The fourth-order valence-corrected chi connectivity index (χ4v) is 7.57. The number of amides is 3. The molecule has 1 atom stereocenters. The quantitative estimate of drug-likeness (QED) is 0.513. The standard InChI is InChI=1S/C27H25FN4O5S/c28-18-12-20(22-15-32(27(35)21(22)13-18)23-4-5-25(33)30-26(23)34)16-7-10-31(11-8-16)38(36,37)24-3-1-2-17-14-29-9-6-19(17)24/h1-3,6,9,12-14,16,23H,4-5,7-8,10-11,15H2,(H,30,33,34). The number of benzene rings is 2. The lowest BCUT2D eigenvalue weighted by Gasteiger charge is -2.32. The Bertz CT molecular complexity index is 1600. The Morgan fingerprint density at radius 2 is 1.82 bits per heavy atom. The normalized spacial score (nSPS) is 21.1. The molecule has 4 heterocycles. The van der Waals surface area contributed by atoms with Crippen LogP contribution in [0.2, 0.25) is 0 Å². The second-order valence-electron chi connectivity index (χ2n) is 9.95. The molecule has 9 nitrogen and oxygen atoms in total. The zero-order valence-corrected chi connectivity index (χ0v) is 21.2. The van der Waals surface area contributed by atoms with Gasteiger partial charge in [-0.2, -0.15) is 4.31 Å². The number of fused-ring (bicyclic) bond motifs is 2. The number of piperidine rings is 2. The van der Waals surface area contributed by atoms with Gasteiger partial charge in [-0.15, -0.1) is 0 Å². The van der Waals surface area contributed by atoms with Crippen molar-refractivity contribution in [2.24, 2.45) is 0 Å². The van der Waals surface area contributed by atoms with E-state index < -0.39 is 33.7 Å². The molecule has 0 aliphatic carbocycles. The lowest BCUT2D eigenvalue weighted by atomic mass is 9.86. The van der Waals surface area contributed by atoms with Crippen molar-refractivity contribution in [1.29, 1.82) is 0 Å². The zero-order valence-electron chi connectivity index (χ0n) is 20.4. The van der Waals surface area contributed by atoms with Crippen molar-refractivity contribution in [2.75, 3.05) is 13.1 Å². The number of imide groups is 1. The van der Waals surface area contributed by atoms with Gasteiger partial charge in [0.15, 0.2) is 0 Å². The number of halogens is 1. The van der Waals surface area contributed by atoms with Crippen LogP contribution in [0.4, 0.5) is 4.39 Å². The minimum absolute atomic E-state index is 0.137. The van der Waals surface area contributed by atoms with E-state index in [-0.39, 0.29) is 54.8 Å². The van der Waals surface area contributed by atoms with Crippen LogP contribution in [-0.4, -0.2) is 59.5 Å². The number of hydrogen-bond acceptors (Lipinski definition) is 6. The molecule has 0 saturated carbocycles. The van der Waals surface area contributed by atoms with Gasteiger partial charge in [-0.3, -0.25) is 24.7 Å². The molecule has 2 saturated heterocycles. The average Bonchev–Trinajstić information content (AvgIpc) is 3.23. The van der Waals surface area contributed by atoms with E-state index in [2.05, 4.69) is 10.3 Å². The number of hydrogen-bond donors (Lipinski definition) is 1. The summed E-state index contributed by atoms with van der Waals surface area (Å²) in [5, 5.41) is 3.63. The lowest BCUT2D eigenvalue weighted by Crippen LogP contribution is -2.52. The van der Waals surface area contributed by atoms with E-state index in [0.29, 0.717) is 29.4 Å². The van der Waals surface area contributed by atoms with Crippen LogP contribution < -0.4 is 5.32 Å². The van der Waals surface area contributed by atoms with Gasteiger partial charge >= 0.3 is 0 Å². The van der Waals surface area contributed by atoms with Crippen molar-refractivity contribution < 1.29 is 27.2 Å². The van der Waals surface area contributed by atoms with Crippen molar-refractivity contribution in [1.82, 2.24) is 19.5 Å². The Labute approximate surface area is 218 Å². The molecule has 1 aromatic heterocycles. The van der Waals surface area contributed by atoms with E-state index in [9.17, 15) is 27.2 Å². The third-order valence-electron chi connectivity index (χ3n) is 7.81. The molecule has 11 heteroatoms. The van der Waals surface area contributed by atoms with Crippen LogP contribution in [-0.2, 0) is 26.2 Å². The lowest BCUT2D eigenvalue weighted by molar-refractivity contribution is -0.136. The summed E-state index contributed by atoms with van der Waals surface area (Å²) in [7, 11) is -3.76. The number of nitrogens with zero attached hydrogens (tertiary/aromatic N) is 3. The summed E-state index contributed by atoms with van der Waals surface area (Å²) in [5.41, 5.74) is 1.57. The first-order chi connectivity index (χ1) is 18.2. The highest BCUT2D eigenvalue weighted by Gasteiger charge is 2.41. The SMILES string of the molecule is O=C1CCC(N2Cc3c(cc(F)cc3C3CCN(S(=O)(=O)c4cccc5cnccc45)CC3)C2=O)C(=O)N1. The molecule has 38 heavy (non-hydrogen) atoms. The van der Waals surface area contributed by atoms with Crippen LogP contribution in [0, 0.1) is 5.82 Å². The molecule has 1 unspecified atom stereocenters. The number of aromatic nitrogens is 1. The highest BCUT2D eigenvalue weighted by atomic mass is 32.2. The van der Waals surface area contributed by atoms with Crippen LogP contribution in [0.1, 0.15) is 53.1 Å². The predicted molar refractivity (Wildman–Crippen MR) is 135 cm³/mol. The summed E-state index contributed by atoms with van der Waals surface area (Å²) in [4.78, 5) is 42.8. The zero-order chi connectivity index (χ0) is 26.6. The van der Waals surface area contributed by atoms with Crippen molar-refractivity contribution >= 4 is 38.5 Å². The van der Waals surface area contributed by atoms with Crippen molar-refractivity contribution in [3.63, 3.8) is 0 Å². The topological polar surface area (TPSA) is 117 Å². The number of pyridine rings is 1. The summed E-state index contributed by atoms with van der Waals surface area (Å²) in [6.45, 7) is 0.660. The van der Waals surface area contributed by atoms with Gasteiger partial charge in [-0.05, 0) is 60.6 Å². The summed E-state index contributed by atoms with van der Waals surface area (Å²) in [6.07, 6.45) is 4.49. The Hall–Kier alpha value is -3.70. The molecule has 6 rings (SSSR count). The van der Waals surface area contributed by atoms with Crippen molar-refractivity contribution in [3.05, 3.63) is 71.3 Å². The molecular formula is C27H25FN4O5S. The maximum atomic E-state index is 14.7. The van der Waals surface area contributed by atoms with E-state index in [1.54, 1.807) is 30.6 Å². The Kier molecular flexibility index (Phi) is 5.99. The number of rotatable bonds is 4. The van der Waals surface area contributed by atoms with Crippen LogP contribution >= 0.6 is 0 Å². The molecule has 2 fully saturated rings. The fraction of sp³-hybridized carbons (Fsp3) is 0.333. The van der Waals surface area contributed by atoms with Crippen LogP contribution in [0.5, 0.6) is 0 Å². The highest BCUT2D eigenvalue weighted by Crippen LogP contribution is 2.39. The largest absolute Gasteiger partial charge is 0.322 e. The highest BCUT2D eigenvalue weighted by molar-refractivity contribution is 7.89. The Morgan fingerprint density at radius 3 is 2.58 bits per heavy atom. The van der Waals surface area contributed by atoms with Gasteiger partial charge in [0.1, 0.15) is 11.9 Å². The summed E-state index contributed by atoms with van der Waals surface area (Å²) in [6, 6.07) is 8.64. The van der Waals surface area contributed by atoms with Gasteiger partial charge in [-0.25, -0.2) is 12.8 Å². The fourth-order valence-electron chi connectivity index (χ4n) is 5.88. The molecule has 3 aliphatic rings. The maximum Gasteiger partial charge on any atom is 0.255 e. The van der Waals surface area contributed by atoms with Crippen molar-refractivity contribution in [2.45, 2.75) is 49.1 Å². The number of carbonyl (C=O) groups is 3. The van der Waals surface area contributed by atoms with Crippen LogP contribution in [0.25, 0.3) is 10.8 Å². The van der Waals surface area contributed by atoms with E-state index in [0.717, 1.165) is 5.39 Å². The summed E-state index contributed by atoms with van der Waals surface area (Å²) in [5.74, 6) is -2.01. The molecule has 3 aromatic rings. The van der Waals surface area contributed by atoms with Gasteiger partial charge in [0.25, 0.3) is 5.91 Å². The van der Waals surface area contributed by atoms with E-state index in [1.807, 2.05) is 6.07 Å². The van der Waals surface area contributed by atoms with E-state index in [1.165, 1.54) is 21.3 Å². The second kappa shape index (κ2) is 9.25. The number of nitrogens with one attached hydrogen (secondary N) is 1. The molecule has 3 aliphatic heterocycles. The molecule has 2 aromatic carbocycles. The first kappa shape index (κ1) is 24.6. The summed E-state index contributed by atoms with van der Waals surface area (Å²) >= 11 is 0. The smallest absolute Gasteiger partial charge is 0.255 e. The average molecular weight is 537 g/mol. The summed E-state index contributed by atoms with van der Waals surface area (Å²) < 4.78 is 43.2. The van der Waals surface area contributed by atoms with Gasteiger partial charge < -0.3 is 4.90 Å². The maximum absolute atomic E-state index is 14.7. The minimum Gasteiger partial charge on any atom is -0.322 e. The minimum atomic E-state index is -3.76. The van der Waals surface area contributed by atoms with Crippen molar-refractivity contribution in [3.8, 4) is 0 Å². The second-order valence-corrected chi connectivity index (χ2v) is 11.9. The van der Waals surface area contributed by atoms with Crippen LogP contribution in [0.15, 0.2) is 53.7 Å². The van der Waals surface area contributed by atoms with Gasteiger partial charge in [0, 0.05) is 54.8 Å². The molecule has 0 spiro atoms. The van der Waals surface area contributed by atoms with Gasteiger partial charge in [0.05, 0.1) is 4.90 Å². The van der Waals surface area contributed by atoms with Crippen LogP contribution in [0.3, 0.4) is 0 Å². The molecule has 1 N–H and O–H groups in total. The molecular weight excluding hydrogens is 511 g/mol. The van der Waals surface area contributed by atoms with Gasteiger partial charge in [0.2, 0.25) is 21.8 Å². The third-order valence-corrected chi connectivity index (χ3v) is 9.76. The first-order valence-electron chi connectivity index (χ1n) is 12.5. The Balaban J connectivity index is 1.24. The number of carbonyl (C=O) groups excluding carboxylic acids is 3. The molecule has 196 valence electrons. The first-order valence-corrected chi connectivity index (χ1v) is 14.0. The van der Waals surface area contributed by atoms with Gasteiger partial charge in [-0.1, -0.05) is 12.1 Å². The molecule has 0 bridgehead atoms. The molecule has 3 amide bonds. The predicted octanol–water partition coefficient (Wildman–Crippen LogP) is 2.70. The number of sulfonamides is 1. The van der Waals surface area contributed by atoms with E-state index in [4.69, 9.17) is 0 Å².